The number of ether oxygens (including phenoxy) is 2. The van der Waals surface area contributed by atoms with Gasteiger partial charge in [0, 0.05) is 31.5 Å². The van der Waals surface area contributed by atoms with Crippen LogP contribution in [0.1, 0.15) is 31.2 Å². The van der Waals surface area contributed by atoms with Crippen LogP contribution in [0.5, 0.6) is 0 Å². The first kappa shape index (κ1) is 23.6. The number of methoxy groups -OCH3 is 1. The number of esters is 1. The van der Waals surface area contributed by atoms with Crippen LogP contribution in [0.4, 0.5) is 5.69 Å². The van der Waals surface area contributed by atoms with Gasteiger partial charge in [0.15, 0.2) is 5.78 Å². The van der Waals surface area contributed by atoms with Gasteiger partial charge in [-0.15, -0.1) is 0 Å². The SMILES string of the molecule is COC(=O)C[C@@H]1C(=O)NCCN1CN1C(=O)[C@]2(C(C#N)=C(N)OC3=C2C(=O)CCC3)c2ccccc21. The molecule has 1 aliphatic carbocycles. The van der Waals surface area contributed by atoms with Crippen LogP contribution in [0.2, 0.25) is 0 Å². The van der Waals surface area contributed by atoms with E-state index in [4.69, 9.17) is 15.2 Å². The van der Waals surface area contributed by atoms with Gasteiger partial charge in [-0.1, -0.05) is 18.2 Å². The highest BCUT2D eigenvalue weighted by atomic mass is 16.5. The minimum absolute atomic E-state index is 0.0387. The molecule has 1 aromatic rings. The van der Waals surface area contributed by atoms with Gasteiger partial charge in [0.25, 0.3) is 0 Å². The number of piperazine rings is 1. The largest absolute Gasteiger partial charge is 0.469 e. The van der Waals surface area contributed by atoms with E-state index in [9.17, 15) is 24.4 Å². The zero-order valence-electron chi connectivity index (χ0n) is 19.7. The number of hydrogen-bond donors (Lipinski definition) is 2. The summed E-state index contributed by atoms with van der Waals surface area (Å²) in [6.45, 7) is 0.678. The molecule has 0 aromatic heterocycles. The van der Waals surface area contributed by atoms with Gasteiger partial charge in [-0.3, -0.25) is 29.0 Å². The molecular weight excluding hydrogens is 466 g/mol. The number of nitrogens with one attached hydrogen (secondary N) is 1. The number of benzene rings is 1. The molecule has 3 N–H and O–H groups in total. The molecule has 3 heterocycles. The lowest BCUT2D eigenvalue weighted by Crippen LogP contribution is -2.59. The summed E-state index contributed by atoms with van der Waals surface area (Å²) >= 11 is 0. The molecule has 1 spiro atoms. The van der Waals surface area contributed by atoms with Crippen molar-refractivity contribution in [2.24, 2.45) is 5.73 Å². The van der Waals surface area contributed by atoms with Crippen LogP contribution < -0.4 is 16.0 Å². The number of nitrogens with zero attached hydrogens (tertiary/aromatic N) is 3. The summed E-state index contributed by atoms with van der Waals surface area (Å²) in [7, 11) is 1.25. The smallest absolute Gasteiger partial charge is 0.307 e. The number of nitriles is 1. The normalized spacial score (nSPS) is 25.8. The summed E-state index contributed by atoms with van der Waals surface area (Å²) in [5.74, 6) is -1.56. The molecule has 4 aliphatic rings. The molecule has 0 unspecified atom stereocenters. The van der Waals surface area contributed by atoms with Crippen molar-refractivity contribution in [3.8, 4) is 6.07 Å². The quantitative estimate of drug-likeness (QED) is 0.567. The maximum absolute atomic E-state index is 14.4. The van der Waals surface area contributed by atoms with Crippen LogP contribution in [0.25, 0.3) is 0 Å². The number of ketones is 1. The molecule has 0 bridgehead atoms. The van der Waals surface area contributed by atoms with Crippen LogP contribution in [-0.2, 0) is 34.1 Å². The first-order valence-electron chi connectivity index (χ1n) is 11.7. The Hall–Kier alpha value is -4.17. The molecule has 1 fully saturated rings. The molecule has 36 heavy (non-hydrogen) atoms. The van der Waals surface area contributed by atoms with Gasteiger partial charge in [0.05, 0.1) is 31.5 Å². The predicted molar refractivity (Wildman–Crippen MR) is 124 cm³/mol. The van der Waals surface area contributed by atoms with Crippen molar-refractivity contribution in [2.45, 2.75) is 37.1 Å². The summed E-state index contributed by atoms with van der Waals surface area (Å²) in [6, 6.07) is 8.13. The number of Topliss-reactive ketones (excluding diaryl/α,β-unsaturated/α-hetero) is 1. The number of nitrogens with two attached hydrogens (primary N) is 1. The second kappa shape index (κ2) is 8.80. The highest BCUT2D eigenvalue weighted by molar-refractivity contribution is 6.20. The van der Waals surface area contributed by atoms with Crippen LogP contribution in [0, 0.1) is 11.3 Å². The summed E-state index contributed by atoms with van der Waals surface area (Å²) < 4.78 is 10.5. The summed E-state index contributed by atoms with van der Waals surface area (Å²) in [4.78, 5) is 55.5. The third kappa shape index (κ3) is 3.29. The van der Waals surface area contributed by atoms with E-state index in [0.29, 0.717) is 42.9 Å². The Labute approximate surface area is 207 Å². The number of hydrogen-bond acceptors (Lipinski definition) is 9. The molecule has 11 heteroatoms. The number of fused-ring (bicyclic) bond motifs is 3. The molecule has 0 saturated carbocycles. The van der Waals surface area contributed by atoms with E-state index in [1.807, 2.05) is 6.07 Å². The van der Waals surface area contributed by atoms with E-state index in [-0.39, 0.29) is 48.2 Å². The number of amides is 2. The number of allylic oxidation sites excluding steroid dienone is 1. The molecule has 186 valence electrons. The van der Waals surface area contributed by atoms with E-state index in [0.717, 1.165) is 0 Å². The molecular formula is C25H25N5O6. The molecule has 3 aliphatic heterocycles. The van der Waals surface area contributed by atoms with Gasteiger partial charge in [0.2, 0.25) is 17.7 Å². The fourth-order valence-electron chi connectivity index (χ4n) is 5.62. The number of carbonyl (C=O) groups excluding carboxylic acids is 4. The van der Waals surface area contributed by atoms with Gasteiger partial charge >= 0.3 is 5.97 Å². The van der Waals surface area contributed by atoms with Crippen molar-refractivity contribution >= 4 is 29.3 Å². The molecule has 1 saturated heterocycles. The highest BCUT2D eigenvalue weighted by Gasteiger charge is 2.62. The Morgan fingerprint density at radius 3 is 2.83 bits per heavy atom. The number of anilines is 1. The molecule has 0 radical (unpaired) electrons. The van der Waals surface area contributed by atoms with Gasteiger partial charge < -0.3 is 20.5 Å². The number of carbonyl (C=O) groups is 4. The standard InChI is InChI=1S/C25H25N5O6/c1-35-20(32)11-17-23(33)28-9-10-29(17)13-30-16-6-3-2-5-14(16)25(24(30)34)15(12-26)22(27)36-19-8-4-7-18(31)21(19)25/h2-3,5-6,17H,4,7-11,13,27H2,1H3,(H,28,33)/t17-,25+/m1/s1. The Morgan fingerprint density at radius 1 is 1.31 bits per heavy atom. The van der Waals surface area contributed by atoms with Gasteiger partial charge in [-0.05, 0) is 12.5 Å². The Kier molecular flexibility index (Phi) is 5.76. The van der Waals surface area contributed by atoms with Crippen LogP contribution in [0.15, 0.2) is 47.1 Å². The third-order valence-electron chi connectivity index (χ3n) is 7.22. The van der Waals surface area contributed by atoms with E-state index in [1.54, 1.807) is 29.2 Å². The highest BCUT2D eigenvalue weighted by Crippen LogP contribution is 2.55. The van der Waals surface area contributed by atoms with Crippen LogP contribution in [0.3, 0.4) is 0 Å². The molecule has 5 rings (SSSR count). The fraction of sp³-hybridized carbons (Fsp3) is 0.400. The zero-order valence-corrected chi connectivity index (χ0v) is 19.7. The van der Waals surface area contributed by atoms with Crippen LogP contribution in [-0.4, -0.2) is 61.4 Å². The maximum Gasteiger partial charge on any atom is 0.307 e. The zero-order chi connectivity index (χ0) is 25.6. The number of rotatable bonds is 4. The monoisotopic (exact) mass is 491 g/mol. The minimum Gasteiger partial charge on any atom is -0.469 e. The summed E-state index contributed by atoms with van der Waals surface area (Å²) in [5, 5.41) is 12.9. The molecule has 11 nitrogen and oxygen atoms in total. The first-order chi connectivity index (χ1) is 17.3. The summed E-state index contributed by atoms with van der Waals surface area (Å²) in [6.07, 6.45) is 1.02. The van der Waals surface area contributed by atoms with E-state index >= 15 is 0 Å². The first-order valence-corrected chi connectivity index (χ1v) is 11.7. The van der Waals surface area contributed by atoms with Gasteiger partial charge in [-0.2, -0.15) is 5.26 Å². The lowest BCUT2D eigenvalue weighted by molar-refractivity contribution is -0.146. The van der Waals surface area contributed by atoms with Crippen molar-refractivity contribution in [1.29, 1.82) is 5.26 Å². The Morgan fingerprint density at radius 2 is 2.08 bits per heavy atom. The van der Waals surface area contributed by atoms with Crippen molar-refractivity contribution in [1.82, 2.24) is 10.2 Å². The molecule has 1 aromatic carbocycles. The van der Waals surface area contributed by atoms with E-state index in [2.05, 4.69) is 5.32 Å². The lowest BCUT2D eigenvalue weighted by atomic mass is 9.65. The second-order valence-electron chi connectivity index (χ2n) is 9.07. The summed E-state index contributed by atoms with van der Waals surface area (Å²) in [5.41, 5.74) is 5.43. The van der Waals surface area contributed by atoms with Crippen molar-refractivity contribution in [2.75, 3.05) is 31.8 Å². The second-order valence-corrected chi connectivity index (χ2v) is 9.07. The minimum atomic E-state index is -1.73. The Balaban J connectivity index is 1.64. The predicted octanol–water partition coefficient (Wildman–Crippen LogP) is 0.323. The topological polar surface area (TPSA) is 155 Å². The maximum atomic E-state index is 14.4. The van der Waals surface area contributed by atoms with E-state index < -0.39 is 23.3 Å². The number of para-hydroxylation sites is 1. The van der Waals surface area contributed by atoms with Gasteiger partial charge in [0.1, 0.15) is 28.9 Å². The molecule has 2 atom stereocenters. The molecule has 2 amide bonds. The van der Waals surface area contributed by atoms with Crippen molar-refractivity contribution in [3.05, 3.63) is 52.6 Å². The van der Waals surface area contributed by atoms with Crippen molar-refractivity contribution in [3.63, 3.8) is 0 Å². The average molecular weight is 492 g/mol. The average Bonchev–Trinajstić information content (AvgIpc) is 3.09. The van der Waals surface area contributed by atoms with Crippen molar-refractivity contribution < 1.29 is 28.7 Å². The van der Waals surface area contributed by atoms with Crippen LogP contribution >= 0.6 is 0 Å². The third-order valence-corrected chi connectivity index (χ3v) is 7.22. The van der Waals surface area contributed by atoms with Gasteiger partial charge in [-0.25, -0.2) is 0 Å². The van der Waals surface area contributed by atoms with E-state index in [1.165, 1.54) is 12.0 Å². The Bertz CT molecular complexity index is 1290. The fourth-order valence-corrected chi connectivity index (χ4v) is 5.62. The lowest BCUT2D eigenvalue weighted by Gasteiger charge is -2.39.